The molecule has 4 rings (SSSR count). The predicted octanol–water partition coefficient (Wildman–Crippen LogP) is 6.25. The zero-order valence-corrected chi connectivity index (χ0v) is 18.9. The molecule has 2 aromatic carbocycles. The number of piperidine rings is 1. The molecule has 1 amide bonds. The third-order valence-electron chi connectivity index (χ3n) is 5.69. The lowest BCUT2D eigenvalue weighted by atomic mass is 10.1. The number of anilines is 1. The quantitative estimate of drug-likeness (QED) is 0.568. The van der Waals surface area contributed by atoms with Crippen LogP contribution in [0.3, 0.4) is 0 Å². The highest BCUT2D eigenvalue weighted by molar-refractivity contribution is 6.30. The van der Waals surface area contributed by atoms with Crippen LogP contribution in [0.1, 0.15) is 25.7 Å². The fourth-order valence-corrected chi connectivity index (χ4v) is 4.08. The zero-order valence-electron chi connectivity index (χ0n) is 18.1. The Morgan fingerprint density at radius 2 is 1.62 bits per heavy atom. The van der Waals surface area contributed by atoms with Crippen LogP contribution in [0.4, 0.5) is 5.69 Å². The molecule has 1 aliphatic carbocycles. The Morgan fingerprint density at radius 1 is 0.938 bits per heavy atom. The number of hydrogen-bond acceptors (Lipinski definition) is 2. The van der Waals surface area contributed by atoms with Gasteiger partial charge in [0.05, 0.1) is 0 Å². The molecule has 0 radical (unpaired) electrons. The fourth-order valence-electron chi connectivity index (χ4n) is 3.95. The van der Waals surface area contributed by atoms with E-state index < -0.39 is 0 Å². The van der Waals surface area contributed by atoms with Gasteiger partial charge in [-0.25, -0.2) is 0 Å². The molecule has 1 heterocycles. The summed E-state index contributed by atoms with van der Waals surface area (Å²) in [6.07, 6.45) is 13.2. The first-order valence-corrected chi connectivity index (χ1v) is 11.5. The summed E-state index contributed by atoms with van der Waals surface area (Å²) < 4.78 is 0. The summed E-state index contributed by atoms with van der Waals surface area (Å²) in [6, 6.07) is 15.4. The molecule has 1 saturated heterocycles. The second kappa shape index (κ2) is 11.0. The number of halogens is 1. The number of carbonyl (C=O) groups excluding carboxylic acids is 1. The van der Waals surface area contributed by atoms with Gasteiger partial charge in [-0.15, -0.1) is 0 Å². The predicted molar refractivity (Wildman–Crippen MR) is 134 cm³/mol. The Hall–Kier alpha value is -3.06. The van der Waals surface area contributed by atoms with Gasteiger partial charge in [0.25, 0.3) is 0 Å². The van der Waals surface area contributed by atoms with Gasteiger partial charge in [-0.2, -0.15) is 0 Å². The minimum Gasteiger partial charge on any atom is -0.315 e. The summed E-state index contributed by atoms with van der Waals surface area (Å²) >= 11 is 5.95. The number of benzene rings is 2. The van der Waals surface area contributed by atoms with Gasteiger partial charge in [0.15, 0.2) is 0 Å². The van der Waals surface area contributed by atoms with Crippen molar-refractivity contribution < 1.29 is 4.79 Å². The van der Waals surface area contributed by atoms with Crippen molar-refractivity contribution in [1.29, 1.82) is 0 Å². The number of likely N-dealkylation sites (tertiary alicyclic amines) is 1. The first kappa shape index (κ1) is 22.1. The monoisotopic (exact) mass is 442 g/mol. The largest absolute Gasteiger partial charge is 0.315 e. The van der Waals surface area contributed by atoms with Gasteiger partial charge in [0, 0.05) is 28.7 Å². The van der Waals surface area contributed by atoms with Crippen LogP contribution in [0.25, 0.3) is 11.1 Å². The first-order chi connectivity index (χ1) is 15.7. The SMILES string of the molecule is O=C(C#CC1=CC=C(CN2CCCCC2)CC=C1)Nc1ccc(-c2ccc(Cl)cc2)cc1. The van der Waals surface area contributed by atoms with E-state index in [0.717, 1.165) is 35.4 Å². The van der Waals surface area contributed by atoms with Crippen LogP contribution in [0.2, 0.25) is 5.02 Å². The average molecular weight is 443 g/mol. The Bertz CT molecular complexity index is 1090. The molecule has 162 valence electrons. The van der Waals surface area contributed by atoms with E-state index in [2.05, 4.69) is 34.2 Å². The van der Waals surface area contributed by atoms with E-state index in [0.29, 0.717) is 5.02 Å². The van der Waals surface area contributed by atoms with Gasteiger partial charge in [-0.05, 0) is 73.8 Å². The molecular weight excluding hydrogens is 416 g/mol. The number of carbonyl (C=O) groups is 1. The maximum absolute atomic E-state index is 12.3. The van der Waals surface area contributed by atoms with Gasteiger partial charge in [-0.3, -0.25) is 9.69 Å². The van der Waals surface area contributed by atoms with Gasteiger partial charge in [0.1, 0.15) is 0 Å². The summed E-state index contributed by atoms with van der Waals surface area (Å²) in [6.45, 7) is 3.41. The van der Waals surface area contributed by atoms with Gasteiger partial charge in [0.2, 0.25) is 0 Å². The second-order valence-electron chi connectivity index (χ2n) is 8.18. The van der Waals surface area contributed by atoms with Gasteiger partial charge >= 0.3 is 5.91 Å². The molecule has 0 aromatic heterocycles. The standard InChI is InChI=1S/C28H27ClN2O/c29-26-14-10-24(11-15-26)25-12-16-27(17-13-25)30-28(32)18-9-22-5-4-6-23(8-7-22)21-31-19-2-1-3-20-31/h4-5,7-8,10-17H,1-3,6,19-21H2,(H,30,32). The number of rotatable bonds is 4. The van der Waals surface area contributed by atoms with Gasteiger partial charge in [-0.1, -0.05) is 72.0 Å². The molecule has 1 fully saturated rings. The lowest BCUT2D eigenvalue weighted by Gasteiger charge is -2.27. The Labute approximate surface area is 195 Å². The molecular formula is C28H27ClN2O. The molecule has 2 aromatic rings. The van der Waals surface area contributed by atoms with Crippen LogP contribution < -0.4 is 5.32 Å². The van der Waals surface area contributed by atoms with E-state index in [1.807, 2.05) is 60.7 Å². The number of nitrogens with zero attached hydrogens (tertiary/aromatic N) is 1. The smallest absolute Gasteiger partial charge is 0.300 e. The van der Waals surface area contributed by atoms with E-state index in [4.69, 9.17) is 11.6 Å². The van der Waals surface area contributed by atoms with E-state index >= 15 is 0 Å². The summed E-state index contributed by atoms with van der Waals surface area (Å²) in [5.74, 6) is 5.37. The molecule has 4 heteroatoms. The fraction of sp³-hybridized carbons (Fsp3) is 0.250. The summed E-state index contributed by atoms with van der Waals surface area (Å²) in [7, 11) is 0. The number of allylic oxidation sites excluding steroid dienone is 5. The maximum atomic E-state index is 12.3. The normalized spacial score (nSPS) is 16.3. The average Bonchev–Trinajstić information content (AvgIpc) is 3.05. The highest BCUT2D eigenvalue weighted by Gasteiger charge is 2.11. The molecule has 0 unspecified atom stereocenters. The van der Waals surface area contributed by atoms with Crippen molar-refractivity contribution in [2.45, 2.75) is 25.7 Å². The van der Waals surface area contributed by atoms with E-state index in [9.17, 15) is 4.79 Å². The topological polar surface area (TPSA) is 32.3 Å². The third-order valence-corrected chi connectivity index (χ3v) is 5.94. The molecule has 0 bridgehead atoms. The highest BCUT2D eigenvalue weighted by atomic mass is 35.5. The van der Waals surface area contributed by atoms with Crippen LogP contribution in [0, 0.1) is 11.8 Å². The Morgan fingerprint density at radius 3 is 2.34 bits per heavy atom. The van der Waals surface area contributed by atoms with Crippen LogP contribution in [0.5, 0.6) is 0 Å². The Balaban J connectivity index is 1.34. The van der Waals surface area contributed by atoms with Crippen molar-refractivity contribution in [3.63, 3.8) is 0 Å². The second-order valence-corrected chi connectivity index (χ2v) is 8.62. The van der Waals surface area contributed by atoms with Crippen molar-refractivity contribution in [2.24, 2.45) is 0 Å². The van der Waals surface area contributed by atoms with Crippen molar-refractivity contribution in [1.82, 2.24) is 4.90 Å². The van der Waals surface area contributed by atoms with E-state index in [1.54, 1.807) is 0 Å². The van der Waals surface area contributed by atoms with Crippen LogP contribution in [-0.4, -0.2) is 30.4 Å². The van der Waals surface area contributed by atoms with E-state index in [-0.39, 0.29) is 5.91 Å². The first-order valence-electron chi connectivity index (χ1n) is 11.1. The molecule has 1 N–H and O–H groups in total. The Kier molecular flexibility index (Phi) is 7.61. The van der Waals surface area contributed by atoms with E-state index in [1.165, 1.54) is 37.9 Å². The van der Waals surface area contributed by atoms with Crippen molar-refractivity contribution in [3.05, 3.63) is 89.0 Å². The third kappa shape index (κ3) is 6.47. The van der Waals surface area contributed by atoms with Crippen LogP contribution in [-0.2, 0) is 4.79 Å². The maximum Gasteiger partial charge on any atom is 0.300 e. The summed E-state index contributed by atoms with van der Waals surface area (Å²) in [4.78, 5) is 14.8. The number of nitrogens with one attached hydrogen (secondary N) is 1. The lowest BCUT2D eigenvalue weighted by molar-refractivity contribution is -0.111. The van der Waals surface area contributed by atoms with Crippen molar-refractivity contribution in [3.8, 4) is 23.0 Å². The molecule has 2 aliphatic rings. The van der Waals surface area contributed by atoms with Crippen LogP contribution >= 0.6 is 11.6 Å². The molecule has 0 atom stereocenters. The molecule has 0 spiro atoms. The van der Waals surface area contributed by atoms with Crippen molar-refractivity contribution in [2.75, 3.05) is 25.0 Å². The molecule has 32 heavy (non-hydrogen) atoms. The number of hydrogen-bond donors (Lipinski definition) is 1. The van der Waals surface area contributed by atoms with Crippen LogP contribution in [0.15, 0.2) is 84.0 Å². The number of amides is 1. The zero-order chi connectivity index (χ0) is 22.2. The molecule has 1 aliphatic heterocycles. The summed E-state index contributed by atoms with van der Waals surface area (Å²) in [5.41, 5.74) is 5.10. The highest BCUT2D eigenvalue weighted by Crippen LogP contribution is 2.23. The van der Waals surface area contributed by atoms with Crippen molar-refractivity contribution >= 4 is 23.2 Å². The summed E-state index contributed by atoms with van der Waals surface area (Å²) in [5, 5.41) is 3.55. The lowest BCUT2D eigenvalue weighted by Crippen LogP contribution is -2.31. The minimum absolute atomic E-state index is 0.319. The minimum atomic E-state index is -0.319. The molecule has 0 saturated carbocycles. The molecule has 3 nitrogen and oxygen atoms in total. The van der Waals surface area contributed by atoms with Gasteiger partial charge < -0.3 is 5.32 Å².